The van der Waals surface area contributed by atoms with E-state index in [1.54, 1.807) is 0 Å². The van der Waals surface area contributed by atoms with Gasteiger partial charge < -0.3 is 14.6 Å². The molecular weight excluding hydrogens is 430 g/mol. The van der Waals surface area contributed by atoms with Crippen molar-refractivity contribution in [2.75, 3.05) is 31.1 Å². The lowest BCUT2D eigenvalue weighted by Gasteiger charge is -2.36. The van der Waals surface area contributed by atoms with Gasteiger partial charge in [-0.25, -0.2) is 0 Å². The molecule has 2 aliphatic rings. The molecule has 1 aromatic heterocycles. The zero-order valence-corrected chi connectivity index (χ0v) is 20.4. The predicted molar refractivity (Wildman–Crippen MR) is 145 cm³/mol. The molecule has 0 atom stereocenters. The van der Waals surface area contributed by atoms with E-state index in [1.165, 1.54) is 54.5 Å². The van der Waals surface area contributed by atoms with E-state index in [9.17, 15) is 5.11 Å². The quantitative estimate of drug-likeness (QED) is 0.350. The largest absolute Gasteiger partial charge is 0.494 e. The average molecular weight is 466 g/mol. The van der Waals surface area contributed by atoms with Crippen LogP contribution >= 0.6 is 0 Å². The highest BCUT2D eigenvalue weighted by Gasteiger charge is 2.22. The molecule has 0 amide bonds. The molecule has 2 fully saturated rings. The lowest BCUT2D eigenvalue weighted by atomic mass is 9.95. The molecule has 1 N–H and O–H groups in total. The van der Waals surface area contributed by atoms with Crippen LogP contribution in [0.5, 0.6) is 5.88 Å². The number of hydrogen-bond donors (Lipinski definition) is 1. The molecule has 4 nitrogen and oxygen atoms in total. The van der Waals surface area contributed by atoms with Gasteiger partial charge in [-0.3, -0.25) is 4.90 Å². The van der Waals surface area contributed by atoms with E-state index in [4.69, 9.17) is 0 Å². The Morgan fingerprint density at radius 2 is 1.46 bits per heavy atom. The van der Waals surface area contributed by atoms with Crippen LogP contribution < -0.4 is 4.90 Å². The van der Waals surface area contributed by atoms with Crippen LogP contribution in [-0.4, -0.2) is 40.8 Å². The fourth-order valence-corrected chi connectivity index (χ4v) is 5.89. The van der Waals surface area contributed by atoms with Crippen molar-refractivity contribution in [3.05, 3.63) is 84.6 Å². The van der Waals surface area contributed by atoms with Crippen LogP contribution in [0.25, 0.3) is 21.9 Å². The second-order valence-corrected chi connectivity index (χ2v) is 10.2. The SMILES string of the molecule is Oc1c2cc(N3CCN(Cc4ccc(-c5ccccc5)cc4)CC3)ccc2cn1C1CCCCC1. The zero-order chi connectivity index (χ0) is 23.6. The third-order valence-electron chi connectivity index (χ3n) is 7.97. The Morgan fingerprint density at radius 1 is 0.743 bits per heavy atom. The van der Waals surface area contributed by atoms with E-state index in [-0.39, 0.29) is 0 Å². The number of aromatic hydroxyl groups is 1. The Labute approximate surface area is 208 Å². The normalized spacial score (nSPS) is 17.8. The molecule has 35 heavy (non-hydrogen) atoms. The number of aromatic nitrogens is 1. The Hall–Kier alpha value is -3.24. The van der Waals surface area contributed by atoms with Crippen LogP contribution in [0.1, 0.15) is 43.7 Å². The second-order valence-electron chi connectivity index (χ2n) is 10.2. The van der Waals surface area contributed by atoms with Crippen molar-refractivity contribution in [2.45, 2.75) is 44.7 Å². The summed E-state index contributed by atoms with van der Waals surface area (Å²) < 4.78 is 2.13. The molecular formula is C31H35N3O. The molecule has 0 radical (unpaired) electrons. The number of fused-ring (bicyclic) bond motifs is 1. The Morgan fingerprint density at radius 3 is 2.20 bits per heavy atom. The minimum Gasteiger partial charge on any atom is -0.494 e. The summed E-state index contributed by atoms with van der Waals surface area (Å²) >= 11 is 0. The third-order valence-corrected chi connectivity index (χ3v) is 7.97. The van der Waals surface area contributed by atoms with Crippen molar-refractivity contribution >= 4 is 16.5 Å². The fraction of sp³-hybridized carbons (Fsp3) is 0.355. The van der Waals surface area contributed by atoms with E-state index in [0.29, 0.717) is 11.9 Å². The maximum Gasteiger partial charge on any atom is 0.199 e. The number of nitrogens with zero attached hydrogens (tertiary/aromatic N) is 3. The molecule has 1 aliphatic heterocycles. The van der Waals surface area contributed by atoms with Gasteiger partial charge in [0.2, 0.25) is 0 Å². The molecule has 1 saturated heterocycles. The highest BCUT2D eigenvalue weighted by Crippen LogP contribution is 2.38. The van der Waals surface area contributed by atoms with Crippen molar-refractivity contribution in [3.8, 4) is 17.0 Å². The van der Waals surface area contributed by atoms with Gasteiger partial charge in [0.25, 0.3) is 0 Å². The van der Waals surface area contributed by atoms with Crippen LogP contribution in [0.3, 0.4) is 0 Å². The van der Waals surface area contributed by atoms with E-state index in [2.05, 4.69) is 93.4 Å². The molecule has 4 heteroatoms. The van der Waals surface area contributed by atoms with Gasteiger partial charge in [-0.15, -0.1) is 0 Å². The number of benzene rings is 3. The highest BCUT2D eigenvalue weighted by atomic mass is 16.3. The smallest absolute Gasteiger partial charge is 0.199 e. The summed E-state index contributed by atoms with van der Waals surface area (Å²) in [7, 11) is 0. The van der Waals surface area contributed by atoms with E-state index in [1.807, 2.05) is 0 Å². The number of hydrogen-bond acceptors (Lipinski definition) is 3. The van der Waals surface area contributed by atoms with Crippen LogP contribution in [-0.2, 0) is 6.54 Å². The first-order valence-electron chi connectivity index (χ1n) is 13.2. The number of anilines is 1. The van der Waals surface area contributed by atoms with Crippen molar-refractivity contribution in [1.29, 1.82) is 0 Å². The standard InChI is InChI=1S/C31H35N3O/c35-31-30-21-29(16-15-27(30)23-34(31)28-9-5-2-6-10-28)33-19-17-32(18-20-33)22-24-11-13-26(14-12-24)25-7-3-1-4-8-25/h1,3-4,7-8,11-16,21,23,28,35H,2,5-6,9-10,17-20,22H2. The lowest BCUT2D eigenvalue weighted by molar-refractivity contribution is 0.250. The summed E-state index contributed by atoms with van der Waals surface area (Å²) in [4.78, 5) is 5.01. The summed E-state index contributed by atoms with van der Waals surface area (Å²) in [5, 5.41) is 13.1. The topological polar surface area (TPSA) is 31.6 Å². The molecule has 0 bridgehead atoms. The summed E-state index contributed by atoms with van der Waals surface area (Å²) in [5.74, 6) is 0.450. The van der Waals surface area contributed by atoms with Gasteiger partial charge in [-0.1, -0.05) is 79.9 Å². The second kappa shape index (κ2) is 9.79. The molecule has 4 aromatic rings. The summed E-state index contributed by atoms with van der Waals surface area (Å²) in [6, 6.07) is 26.6. The first-order valence-corrected chi connectivity index (χ1v) is 13.2. The van der Waals surface area contributed by atoms with Gasteiger partial charge in [0.1, 0.15) is 0 Å². The maximum atomic E-state index is 11.0. The highest BCUT2D eigenvalue weighted by molar-refractivity contribution is 5.91. The Balaban J connectivity index is 1.09. The summed E-state index contributed by atoms with van der Waals surface area (Å²) in [6.45, 7) is 5.11. The van der Waals surface area contributed by atoms with Crippen LogP contribution in [0, 0.1) is 0 Å². The van der Waals surface area contributed by atoms with Gasteiger partial charge >= 0.3 is 0 Å². The minimum atomic E-state index is 0.449. The van der Waals surface area contributed by atoms with Crippen molar-refractivity contribution < 1.29 is 5.11 Å². The first-order chi connectivity index (χ1) is 17.2. The summed E-state index contributed by atoms with van der Waals surface area (Å²) in [6.07, 6.45) is 8.38. The monoisotopic (exact) mass is 465 g/mol. The molecule has 6 rings (SSSR count). The lowest BCUT2D eigenvalue weighted by Crippen LogP contribution is -2.45. The molecule has 2 heterocycles. The van der Waals surface area contributed by atoms with E-state index in [0.717, 1.165) is 43.5 Å². The fourth-order valence-electron chi connectivity index (χ4n) is 5.89. The van der Waals surface area contributed by atoms with Gasteiger partial charge in [0.15, 0.2) is 5.88 Å². The van der Waals surface area contributed by atoms with E-state index >= 15 is 0 Å². The Bertz CT molecular complexity index is 1260. The minimum absolute atomic E-state index is 0.449. The average Bonchev–Trinajstić information content (AvgIpc) is 3.26. The number of piperazine rings is 1. The third kappa shape index (κ3) is 4.68. The van der Waals surface area contributed by atoms with Crippen molar-refractivity contribution in [3.63, 3.8) is 0 Å². The number of rotatable bonds is 5. The van der Waals surface area contributed by atoms with Crippen LogP contribution in [0.2, 0.25) is 0 Å². The summed E-state index contributed by atoms with van der Waals surface area (Å²) in [5.41, 5.74) is 5.13. The molecule has 0 spiro atoms. The molecule has 1 saturated carbocycles. The van der Waals surface area contributed by atoms with Gasteiger partial charge in [-0.05, 0) is 41.7 Å². The molecule has 3 aromatic carbocycles. The Kier molecular flexibility index (Phi) is 6.22. The van der Waals surface area contributed by atoms with E-state index < -0.39 is 0 Å². The van der Waals surface area contributed by atoms with Crippen LogP contribution in [0.4, 0.5) is 5.69 Å². The molecule has 0 unspecified atom stereocenters. The molecule has 1 aliphatic carbocycles. The van der Waals surface area contributed by atoms with Crippen LogP contribution in [0.15, 0.2) is 79.0 Å². The maximum absolute atomic E-state index is 11.0. The van der Waals surface area contributed by atoms with Crippen molar-refractivity contribution in [2.24, 2.45) is 0 Å². The predicted octanol–water partition coefficient (Wildman–Crippen LogP) is 6.84. The first kappa shape index (κ1) is 22.2. The zero-order valence-electron chi connectivity index (χ0n) is 20.4. The molecule has 180 valence electrons. The van der Waals surface area contributed by atoms with Gasteiger partial charge in [-0.2, -0.15) is 0 Å². The van der Waals surface area contributed by atoms with Gasteiger partial charge in [0.05, 0.1) is 0 Å². The van der Waals surface area contributed by atoms with Gasteiger partial charge in [0, 0.05) is 61.4 Å². The van der Waals surface area contributed by atoms with Crippen molar-refractivity contribution in [1.82, 2.24) is 9.47 Å².